The second kappa shape index (κ2) is 8.17. The molecule has 0 aromatic heterocycles. The first kappa shape index (κ1) is 17.5. The van der Waals surface area contributed by atoms with Gasteiger partial charge in [-0.15, -0.1) is 0 Å². The number of nitrogens with one attached hydrogen (secondary N) is 1. The van der Waals surface area contributed by atoms with Crippen molar-refractivity contribution in [2.75, 3.05) is 19.7 Å². The molecule has 4 heteroatoms. The average Bonchev–Trinajstić information content (AvgIpc) is 2.64. The summed E-state index contributed by atoms with van der Waals surface area (Å²) in [5.41, 5.74) is 3.90. The molecule has 1 aliphatic heterocycles. The zero-order chi connectivity index (χ0) is 17.6. The molecule has 2 aromatic rings. The average molecular weight is 338 g/mol. The summed E-state index contributed by atoms with van der Waals surface area (Å²) in [7, 11) is 0. The first-order chi connectivity index (χ1) is 12.1. The molecule has 25 heavy (non-hydrogen) atoms. The van der Waals surface area contributed by atoms with E-state index in [4.69, 9.17) is 4.74 Å². The number of amides is 1. The van der Waals surface area contributed by atoms with Gasteiger partial charge in [0.25, 0.3) is 0 Å². The van der Waals surface area contributed by atoms with Crippen molar-refractivity contribution in [3.05, 3.63) is 65.2 Å². The van der Waals surface area contributed by atoms with E-state index in [-0.39, 0.29) is 11.9 Å². The third kappa shape index (κ3) is 4.60. The fraction of sp³-hybridized carbons (Fsp3) is 0.381. The minimum absolute atomic E-state index is 0.0622. The summed E-state index contributed by atoms with van der Waals surface area (Å²) < 4.78 is 5.68. The van der Waals surface area contributed by atoms with E-state index in [0.29, 0.717) is 13.2 Å². The standard InChI is InChI=1S/C21H26N2O2/c1-16-6-5-9-20(14-16)25-13-11-22-21(24)17(2)23-12-10-18-7-3-4-8-19(18)15-23/h3-9,14,17H,10-13,15H2,1-2H3,(H,22,24). The fourth-order valence-electron chi connectivity index (χ4n) is 3.21. The topological polar surface area (TPSA) is 41.6 Å². The van der Waals surface area contributed by atoms with Crippen LogP contribution in [0.3, 0.4) is 0 Å². The molecule has 0 aliphatic carbocycles. The zero-order valence-corrected chi connectivity index (χ0v) is 15.0. The van der Waals surface area contributed by atoms with Crippen LogP contribution < -0.4 is 10.1 Å². The Morgan fingerprint density at radius 2 is 2.00 bits per heavy atom. The number of carbonyl (C=O) groups is 1. The molecule has 0 saturated heterocycles. The van der Waals surface area contributed by atoms with Crippen LogP contribution in [0.1, 0.15) is 23.6 Å². The Hall–Kier alpha value is -2.33. The van der Waals surface area contributed by atoms with Gasteiger partial charge < -0.3 is 10.1 Å². The molecular formula is C21H26N2O2. The molecule has 0 spiro atoms. The van der Waals surface area contributed by atoms with Gasteiger partial charge in [0.2, 0.25) is 5.91 Å². The predicted molar refractivity (Wildman–Crippen MR) is 99.7 cm³/mol. The number of carbonyl (C=O) groups excluding carboxylic acids is 1. The van der Waals surface area contributed by atoms with Crippen molar-refractivity contribution in [1.82, 2.24) is 10.2 Å². The third-order valence-electron chi connectivity index (χ3n) is 4.75. The largest absolute Gasteiger partial charge is 0.492 e. The van der Waals surface area contributed by atoms with E-state index < -0.39 is 0 Å². The molecule has 1 unspecified atom stereocenters. The van der Waals surface area contributed by atoms with Gasteiger partial charge in [-0.05, 0) is 49.1 Å². The van der Waals surface area contributed by atoms with Crippen LogP contribution in [0.2, 0.25) is 0 Å². The van der Waals surface area contributed by atoms with Gasteiger partial charge in [0.05, 0.1) is 12.6 Å². The number of rotatable bonds is 6. The molecule has 1 heterocycles. The third-order valence-corrected chi connectivity index (χ3v) is 4.75. The molecule has 0 fully saturated rings. The summed E-state index contributed by atoms with van der Waals surface area (Å²) in [6, 6.07) is 16.3. The van der Waals surface area contributed by atoms with E-state index in [2.05, 4.69) is 34.5 Å². The summed E-state index contributed by atoms with van der Waals surface area (Å²) in [6.45, 7) is 6.76. The lowest BCUT2D eigenvalue weighted by molar-refractivity contribution is -0.126. The van der Waals surface area contributed by atoms with Gasteiger partial charge in [-0.25, -0.2) is 0 Å². The first-order valence-corrected chi connectivity index (χ1v) is 8.91. The van der Waals surface area contributed by atoms with Crippen LogP contribution in [0.5, 0.6) is 5.75 Å². The highest BCUT2D eigenvalue weighted by atomic mass is 16.5. The Morgan fingerprint density at radius 1 is 1.20 bits per heavy atom. The Bertz CT molecular complexity index is 729. The van der Waals surface area contributed by atoms with Crippen molar-refractivity contribution in [2.45, 2.75) is 32.9 Å². The normalized spacial score (nSPS) is 15.3. The van der Waals surface area contributed by atoms with Crippen molar-refractivity contribution in [1.29, 1.82) is 0 Å². The molecule has 1 N–H and O–H groups in total. The van der Waals surface area contributed by atoms with E-state index in [1.54, 1.807) is 0 Å². The molecule has 4 nitrogen and oxygen atoms in total. The SMILES string of the molecule is Cc1cccc(OCCNC(=O)C(C)N2CCc3ccccc3C2)c1. The van der Waals surface area contributed by atoms with E-state index in [1.165, 1.54) is 16.7 Å². The van der Waals surface area contributed by atoms with Crippen molar-refractivity contribution < 1.29 is 9.53 Å². The number of benzene rings is 2. The molecule has 132 valence electrons. The van der Waals surface area contributed by atoms with E-state index >= 15 is 0 Å². The van der Waals surface area contributed by atoms with Gasteiger partial charge in [-0.1, -0.05) is 36.4 Å². The summed E-state index contributed by atoms with van der Waals surface area (Å²) in [6.07, 6.45) is 1.00. The Labute approximate surface area is 149 Å². The molecule has 0 saturated carbocycles. The number of ether oxygens (including phenoxy) is 1. The summed E-state index contributed by atoms with van der Waals surface area (Å²) >= 11 is 0. The smallest absolute Gasteiger partial charge is 0.237 e. The lowest BCUT2D eigenvalue weighted by Crippen LogP contribution is -2.47. The number of aryl methyl sites for hydroxylation is 1. The van der Waals surface area contributed by atoms with Gasteiger partial charge in [0, 0.05) is 13.1 Å². The summed E-state index contributed by atoms with van der Waals surface area (Å²) in [5.74, 6) is 0.905. The molecule has 1 amide bonds. The Morgan fingerprint density at radius 3 is 2.80 bits per heavy atom. The lowest BCUT2D eigenvalue weighted by Gasteiger charge is -2.32. The van der Waals surface area contributed by atoms with Crippen molar-refractivity contribution in [3.63, 3.8) is 0 Å². The maximum Gasteiger partial charge on any atom is 0.237 e. The van der Waals surface area contributed by atoms with Gasteiger partial charge in [0.15, 0.2) is 0 Å². The van der Waals surface area contributed by atoms with Crippen LogP contribution in [0, 0.1) is 6.92 Å². The molecule has 2 aromatic carbocycles. The maximum atomic E-state index is 12.4. The monoisotopic (exact) mass is 338 g/mol. The van der Waals surface area contributed by atoms with Crippen LogP contribution in [-0.2, 0) is 17.8 Å². The molecule has 1 aliphatic rings. The highest BCUT2D eigenvalue weighted by Crippen LogP contribution is 2.20. The molecular weight excluding hydrogens is 312 g/mol. The minimum Gasteiger partial charge on any atom is -0.492 e. The van der Waals surface area contributed by atoms with E-state index in [0.717, 1.165) is 25.3 Å². The fourth-order valence-corrected chi connectivity index (χ4v) is 3.21. The van der Waals surface area contributed by atoms with Crippen molar-refractivity contribution in [2.24, 2.45) is 0 Å². The Balaban J connectivity index is 1.44. The second-order valence-corrected chi connectivity index (χ2v) is 6.62. The first-order valence-electron chi connectivity index (χ1n) is 8.91. The lowest BCUT2D eigenvalue weighted by atomic mass is 9.99. The summed E-state index contributed by atoms with van der Waals surface area (Å²) in [5, 5.41) is 2.98. The highest BCUT2D eigenvalue weighted by molar-refractivity contribution is 5.81. The number of hydrogen-bond donors (Lipinski definition) is 1. The molecule has 3 rings (SSSR count). The van der Waals surface area contributed by atoms with Crippen LogP contribution in [0.4, 0.5) is 0 Å². The maximum absolute atomic E-state index is 12.4. The molecule has 1 atom stereocenters. The quantitative estimate of drug-likeness (QED) is 0.824. The molecule has 0 radical (unpaired) electrons. The van der Waals surface area contributed by atoms with Crippen molar-refractivity contribution >= 4 is 5.91 Å². The zero-order valence-electron chi connectivity index (χ0n) is 15.0. The van der Waals surface area contributed by atoms with Crippen LogP contribution >= 0.6 is 0 Å². The second-order valence-electron chi connectivity index (χ2n) is 6.62. The van der Waals surface area contributed by atoms with Crippen LogP contribution in [0.25, 0.3) is 0 Å². The van der Waals surface area contributed by atoms with Gasteiger partial charge in [0.1, 0.15) is 12.4 Å². The minimum atomic E-state index is -0.132. The Kier molecular flexibility index (Phi) is 5.71. The number of fused-ring (bicyclic) bond motifs is 1. The van der Waals surface area contributed by atoms with Crippen molar-refractivity contribution in [3.8, 4) is 5.75 Å². The summed E-state index contributed by atoms with van der Waals surface area (Å²) in [4.78, 5) is 14.6. The molecule has 0 bridgehead atoms. The number of nitrogens with zero attached hydrogens (tertiary/aromatic N) is 1. The van der Waals surface area contributed by atoms with Gasteiger partial charge in [-0.3, -0.25) is 9.69 Å². The van der Waals surface area contributed by atoms with Gasteiger partial charge >= 0.3 is 0 Å². The predicted octanol–water partition coefficient (Wildman–Crippen LogP) is 2.94. The highest BCUT2D eigenvalue weighted by Gasteiger charge is 2.24. The van der Waals surface area contributed by atoms with Crippen LogP contribution in [0.15, 0.2) is 48.5 Å². The number of hydrogen-bond acceptors (Lipinski definition) is 3. The van der Waals surface area contributed by atoms with E-state index in [1.807, 2.05) is 38.1 Å². The van der Waals surface area contributed by atoms with Gasteiger partial charge in [-0.2, -0.15) is 0 Å². The van der Waals surface area contributed by atoms with Crippen LogP contribution in [-0.4, -0.2) is 36.5 Å². The van der Waals surface area contributed by atoms with E-state index in [9.17, 15) is 4.79 Å².